The molecule has 0 aliphatic heterocycles. The summed E-state index contributed by atoms with van der Waals surface area (Å²) < 4.78 is 8.97. The molecule has 0 atom stereocenters. The van der Waals surface area contributed by atoms with E-state index in [0.717, 1.165) is 16.4 Å². The molecule has 0 aromatic carbocycles. The Balaban J connectivity index is -0.000000246. The zero-order chi connectivity index (χ0) is 38.6. The monoisotopic (exact) mass is 693 g/mol. The largest absolute Gasteiger partial charge is 0.466 e. The second kappa shape index (κ2) is 22.2. The number of esters is 1. The van der Waals surface area contributed by atoms with Crippen molar-refractivity contribution in [3.05, 3.63) is 35.3 Å². The lowest BCUT2D eigenvalue weighted by molar-refractivity contribution is -0.152. The Labute approximate surface area is 295 Å². The van der Waals surface area contributed by atoms with Crippen LogP contribution in [0.25, 0.3) is 0 Å². The molecule has 0 aliphatic rings. The molecule has 0 amide bonds. The number of rotatable bonds is 3. The summed E-state index contributed by atoms with van der Waals surface area (Å²) in [5.74, 6) is -0.130. The lowest BCUT2D eigenvalue weighted by Crippen LogP contribution is -2.22. The van der Waals surface area contributed by atoms with Crippen molar-refractivity contribution in [3.8, 4) is 12.1 Å². The number of nitrogens with two attached hydrogens (primary N) is 4. The van der Waals surface area contributed by atoms with Crippen LogP contribution in [-0.2, 0) is 19.7 Å². The van der Waals surface area contributed by atoms with Crippen molar-refractivity contribution in [2.75, 3.05) is 12.3 Å². The number of allylic oxidation sites excluding steroid dienone is 3. The molecule has 0 saturated heterocycles. The van der Waals surface area contributed by atoms with Crippen molar-refractivity contribution in [3.63, 3.8) is 0 Å². The van der Waals surface area contributed by atoms with Crippen LogP contribution in [0.4, 0.5) is 5.00 Å². The van der Waals surface area contributed by atoms with Gasteiger partial charge in [-0.1, -0.05) is 95.3 Å². The third-order valence-corrected chi connectivity index (χ3v) is 6.25. The van der Waals surface area contributed by atoms with E-state index in [2.05, 4.69) is 37.4 Å². The third kappa shape index (κ3) is 29.7. The van der Waals surface area contributed by atoms with Crippen LogP contribution in [0.15, 0.2) is 29.6 Å². The van der Waals surface area contributed by atoms with Crippen LogP contribution >= 0.6 is 23.8 Å². The van der Waals surface area contributed by atoms with Crippen molar-refractivity contribution in [2.24, 2.45) is 38.9 Å². The van der Waals surface area contributed by atoms with E-state index in [-0.39, 0.29) is 45.2 Å². The van der Waals surface area contributed by atoms with Gasteiger partial charge in [-0.05, 0) is 51.4 Å². The predicted molar refractivity (Wildman–Crippen MR) is 202 cm³/mol. The van der Waals surface area contributed by atoms with Crippen molar-refractivity contribution < 1.29 is 14.3 Å². The maximum Gasteiger partial charge on any atom is 0.311 e. The van der Waals surface area contributed by atoms with E-state index in [0.29, 0.717) is 17.3 Å². The molecule has 1 rings (SSSR count). The lowest BCUT2D eigenvalue weighted by Gasteiger charge is -2.18. The maximum atomic E-state index is 10.8. The van der Waals surface area contributed by atoms with Gasteiger partial charge in [-0.3, -0.25) is 9.59 Å². The molecule has 47 heavy (non-hydrogen) atoms. The molecule has 10 nitrogen and oxygen atoms in total. The van der Waals surface area contributed by atoms with E-state index in [1.165, 1.54) is 17.6 Å². The number of aromatic nitrogens is 1. The van der Waals surface area contributed by atoms with Gasteiger partial charge in [0, 0.05) is 39.1 Å². The molecule has 0 radical (unpaired) electrons. The summed E-state index contributed by atoms with van der Waals surface area (Å²) in [4.78, 5) is 22.0. The number of ether oxygens (including phenoxy) is 1. The number of Topliss-reactive ketones (excluding diaryl/α,β-unsaturated/α-hetero) is 1. The summed E-state index contributed by atoms with van der Waals surface area (Å²) in [5.41, 5.74) is 23.7. The highest BCUT2D eigenvalue weighted by Crippen LogP contribution is 2.25. The quantitative estimate of drug-likeness (QED) is 0.104. The van der Waals surface area contributed by atoms with Crippen LogP contribution in [0, 0.1) is 44.3 Å². The summed E-state index contributed by atoms with van der Waals surface area (Å²) in [5, 5.41) is 17.1. The van der Waals surface area contributed by atoms with Gasteiger partial charge in [0.15, 0.2) is 5.78 Å². The standard InChI is InChI=1S/C7H12N2S.C7H14N2S.C7H12N2.C7H11NO.C7H14O2/c1-7(2,3)5-4-6(8)10-9-5;1-7(2,3)5(8)4-6(9)10;2*1-7(2,3)6(9)4-5-8;1-5-9-6(8)7(2,3)4/h4H,8H2,1-3H3;4H,8H2,1-3H3,(H2,9,10);4H,9H2,1-3H3;4H2,1-3H3;5H2,1-4H3/b;5-4-;6-4-;;. The summed E-state index contributed by atoms with van der Waals surface area (Å²) in [6.07, 6.45) is 3.03. The van der Waals surface area contributed by atoms with Gasteiger partial charge in [-0.25, -0.2) is 0 Å². The fourth-order valence-corrected chi connectivity index (χ4v) is 2.80. The SMILES string of the molecule is CC(C)(C)/C(N)=C/C#N.CC(C)(C)/C(N)=C/C(N)=S.CC(C)(C)C(=O)CC#N.CC(C)(C)c1cc(N)sn1.CCOC(=O)C(C)(C)C. The van der Waals surface area contributed by atoms with Crippen LogP contribution < -0.4 is 22.9 Å². The summed E-state index contributed by atoms with van der Waals surface area (Å²) >= 11 is 6.02. The maximum absolute atomic E-state index is 10.8. The van der Waals surface area contributed by atoms with E-state index in [1.807, 2.05) is 108 Å². The molecule has 0 fully saturated rings. The Hall–Kier alpha value is -3.48. The van der Waals surface area contributed by atoms with Gasteiger partial charge < -0.3 is 27.7 Å². The van der Waals surface area contributed by atoms with Crippen molar-refractivity contribution in [2.45, 2.75) is 123 Å². The molecular weight excluding hydrogens is 631 g/mol. The molecule has 12 heteroatoms. The van der Waals surface area contributed by atoms with Crippen LogP contribution in [0.5, 0.6) is 0 Å². The lowest BCUT2D eigenvalue weighted by atomic mass is 9.89. The minimum atomic E-state index is -0.351. The number of nitriles is 2. The van der Waals surface area contributed by atoms with Gasteiger partial charge in [0.1, 0.15) is 5.00 Å². The van der Waals surface area contributed by atoms with Gasteiger partial charge in [-0.15, -0.1) is 0 Å². The molecule has 1 aromatic rings. The first-order valence-electron chi connectivity index (χ1n) is 15.2. The zero-order valence-electron chi connectivity index (χ0n) is 31.8. The van der Waals surface area contributed by atoms with E-state index in [4.69, 9.17) is 38.2 Å². The Morgan fingerprint density at radius 3 is 1.43 bits per heavy atom. The molecule has 0 aliphatic carbocycles. The fourth-order valence-electron chi connectivity index (χ4n) is 1.98. The Morgan fingerprint density at radius 2 is 1.30 bits per heavy atom. The molecule has 1 aromatic heterocycles. The highest BCUT2D eigenvalue weighted by atomic mass is 32.1. The topological polar surface area (TPSA) is 208 Å². The first-order chi connectivity index (χ1) is 20.8. The second-order valence-electron chi connectivity index (χ2n) is 15.6. The van der Waals surface area contributed by atoms with Crippen molar-refractivity contribution in [1.29, 1.82) is 10.5 Å². The third-order valence-electron chi connectivity index (χ3n) is 5.51. The van der Waals surface area contributed by atoms with Crippen molar-refractivity contribution in [1.82, 2.24) is 4.37 Å². The predicted octanol–water partition coefficient (Wildman–Crippen LogP) is 7.69. The zero-order valence-corrected chi connectivity index (χ0v) is 33.5. The van der Waals surface area contributed by atoms with Gasteiger partial charge >= 0.3 is 5.97 Å². The van der Waals surface area contributed by atoms with Crippen LogP contribution in [0.2, 0.25) is 0 Å². The van der Waals surface area contributed by atoms with E-state index >= 15 is 0 Å². The second-order valence-corrected chi connectivity index (χ2v) is 16.9. The summed E-state index contributed by atoms with van der Waals surface area (Å²) in [6, 6.07) is 5.65. The van der Waals surface area contributed by atoms with Crippen LogP contribution in [0.1, 0.15) is 123 Å². The number of ketones is 1. The number of hydrogen-bond donors (Lipinski definition) is 4. The average molecular weight is 694 g/mol. The molecule has 0 saturated carbocycles. The van der Waals surface area contributed by atoms with Gasteiger partial charge in [0.2, 0.25) is 0 Å². The van der Waals surface area contributed by atoms with Crippen molar-refractivity contribution >= 4 is 45.5 Å². The first kappa shape index (κ1) is 50.4. The number of thiocarbonyl (C=S) groups is 1. The summed E-state index contributed by atoms with van der Waals surface area (Å²) in [6.45, 7) is 31.5. The molecule has 0 spiro atoms. The fraction of sp³-hybridized carbons (Fsp3) is 0.657. The number of carbonyl (C=O) groups excluding carboxylic acids is 2. The number of carbonyl (C=O) groups is 2. The van der Waals surface area contributed by atoms with Gasteiger partial charge in [0.05, 0.1) is 41.3 Å². The Bertz CT molecular complexity index is 1250. The molecule has 0 unspecified atom stereocenters. The molecule has 268 valence electrons. The highest BCUT2D eigenvalue weighted by Gasteiger charge is 2.22. The van der Waals surface area contributed by atoms with Crippen LogP contribution in [-0.4, -0.2) is 27.7 Å². The number of anilines is 1. The Kier molecular flexibility index (Phi) is 23.7. The average Bonchev–Trinajstić information content (AvgIpc) is 3.30. The molecule has 8 N–H and O–H groups in total. The van der Waals surface area contributed by atoms with E-state index in [1.54, 1.807) is 6.08 Å². The molecule has 0 bridgehead atoms. The molecule has 1 heterocycles. The van der Waals surface area contributed by atoms with Gasteiger partial charge in [0.25, 0.3) is 0 Å². The normalized spacial score (nSPS) is 12.0. The molecular formula is C35H63N7O3S2. The van der Waals surface area contributed by atoms with Gasteiger partial charge in [-0.2, -0.15) is 14.9 Å². The Morgan fingerprint density at radius 1 is 0.851 bits per heavy atom. The highest BCUT2D eigenvalue weighted by molar-refractivity contribution is 7.80. The minimum Gasteiger partial charge on any atom is -0.466 e. The number of nitrogens with zero attached hydrogens (tertiary/aromatic N) is 3. The van der Waals surface area contributed by atoms with E-state index < -0.39 is 0 Å². The van der Waals surface area contributed by atoms with Crippen LogP contribution in [0.3, 0.4) is 0 Å². The smallest absolute Gasteiger partial charge is 0.311 e. The first-order valence-corrected chi connectivity index (χ1v) is 16.4. The minimum absolute atomic E-state index is 0.00463. The number of nitrogen functional groups attached to an aromatic ring is 1. The van der Waals surface area contributed by atoms with E-state index in [9.17, 15) is 9.59 Å². The summed E-state index contributed by atoms with van der Waals surface area (Å²) in [7, 11) is 0. The number of hydrogen-bond acceptors (Lipinski definition) is 11.